The van der Waals surface area contributed by atoms with Gasteiger partial charge in [0.15, 0.2) is 6.29 Å². The molecule has 0 unspecified atom stereocenters. The van der Waals surface area contributed by atoms with Crippen molar-refractivity contribution in [3.63, 3.8) is 0 Å². The zero-order valence-corrected chi connectivity index (χ0v) is 9.77. The summed E-state index contributed by atoms with van der Waals surface area (Å²) in [6, 6.07) is 3.29. The van der Waals surface area contributed by atoms with Crippen LogP contribution >= 0.6 is 11.6 Å². The zero-order chi connectivity index (χ0) is 12.4. The van der Waals surface area contributed by atoms with E-state index in [0.717, 1.165) is 0 Å². The van der Waals surface area contributed by atoms with Gasteiger partial charge in [0.25, 0.3) is 0 Å². The average molecular weight is 253 g/mol. The van der Waals surface area contributed by atoms with Gasteiger partial charge in [-0.05, 0) is 12.1 Å². The Bertz CT molecular complexity index is 592. The predicted octanol–water partition coefficient (Wildman–Crippen LogP) is 1.68. The summed E-state index contributed by atoms with van der Waals surface area (Å²) >= 11 is 5.78. The van der Waals surface area contributed by atoms with E-state index in [4.69, 9.17) is 11.6 Å². The average Bonchev–Trinajstić information content (AvgIpc) is 2.66. The van der Waals surface area contributed by atoms with E-state index in [2.05, 4.69) is 9.72 Å². The van der Waals surface area contributed by atoms with Gasteiger partial charge in [0, 0.05) is 17.1 Å². The molecular weight excluding hydrogens is 244 g/mol. The van der Waals surface area contributed by atoms with Crippen LogP contribution in [0.3, 0.4) is 0 Å². The van der Waals surface area contributed by atoms with E-state index in [-0.39, 0.29) is 6.54 Å². The number of aromatic nitrogens is 2. The number of carbonyl (C=O) groups excluding carboxylic acids is 2. The van der Waals surface area contributed by atoms with Crippen molar-refractivity contribution in [1.29, 1.82) is 0 Å². The second kappa shape index (κ2) is 4.55. The molecule has 2 rings (SSSR count). The number of hydrogen-bond donors (Lipinski definition) is 0. The van der Waals surface area contributed by atoms with E-state index in [9.17, 15) is 9.59 Å². The first-order chi connectivity index (χ1) is 8.15. The summed E-state index contributed by atoms with van der Waals surface area (Å²) in [6.45, 7) is -0.00577. The second-order valence-corrected chi connectivity index (χ2v) is 3.80. The van der Waals surface area contributed by atoms with Crippen molar-refractivity contribution in [2.45, 2.75) is 6.54 Å². The third kappa shape index (κ3) is 2.14. The predicted molar refractivity (Wildman–Crippen MR) is 62.1 cm³/mol. The largest absolute Gasteiger partial charge is 0.468 e. The molecule has 0 aliphatic rings. The van der Waals surface area contributed by atoms with E-state index < -0.39 is 5.97 Å². The van der Waals surface area contributed by atoms with Crippen molar-refractivity contribution in [1.82, 2.24) is 9.55 Å². The third-order valence-corrected chi connectivity index (χ3v) is 2.58. The first kappa shape index (κ1) is 11.6. The molecule has 0 atom stereocenters. The lowest BCUT2D eigenvalue weighted by molar-refractivity contribution is -0.141. The van der Waals surface area contributed by atoms with Gasteiger partial charge in [-0.25, -0.2) is 4.98 Å². The van der Waals surface area contributed by atoms with Crippen LogP contribution in [-0.2, 0) is 16.1 Å². The monoisotopic (exact) mass is 252 g/mol. The van der Waals surface area contributed by atoms with Gasteiger partial charge >= 0.3 is 5.97 Å². The van der Waals surface area contributed by atoms with Crippen LogP contribution in [0.4, 0.5) is 0 Å². The third-order valence-electron chi connectivity index (χ3n) is 2.37. The molecule has 0 amide bonds. The molecule has 0 saturated carbocycles. The van der Waals surface area contributed by atoms with E-state index >= 15 is 0 Å². The number of nitrogens with zero attached hydrogens (tertiary/aromatic N) is 2. The molecule has 2 heterocycles. The van der Waals surface area contributed by atoms with Gasteiger partial charge in [-0.3, -0.25) is 9.59 Å². The highest BCUT2D eigenvalue weighted by atomic mass is 35.5. The van der Waals surface area contributed by atoms with Crippen LogP contribution in [-0.4, -0.2) is 28.9 Å². The topological polar surface area (TPSA) is 61.2 Å². The molecule has 0 saturated heterocycles. The molecule has 2 aromatic rings. The normalized spacial score (nSPS) is 10.5. The highest BCUT2D eigenvalue weighted by Crippen LogP contribution is 2.20. The number of carbonyl (C=O) groups is 2. The highest BCUT2D eigenvalue weighted by molar-refractivity contribution is 6.29. The summed E-state index contributed by atoms with van der Waals surface area (Å²) in [5.41, 5.74) is 0.957. The van der Waals surface area contributed by atoms with Crippen molar-refractivity contribution < 1.29 is 14.3 Å². The summed E-state index contributed by atoms with van der Waals surface area (Å²) in [5.74, 6) is -0.416. The summed E-state index contributed by atoms with van der Waals surface area (Å²) in [7, 11) is 1.30. The Morgan fingerprint density at radius 1 is 1.59 bits per heavy atom. The molecule has 5 nitrogen and oxygen atoms in total. The van der Waals surface area contributed by atoms with Gasteiger partial charge in [0.05, 0.1) is 7.11 Å². The minimum absolute atomic E-state index is 0.00577. The maximum Gasteiger partial charge on any atom is 0.325 e. The van der Waals surface area contributed by atoms with Crippen molar-refractivity contribution in [2.24, 2.45) is 0 Å². The van der Waals surface area contributed by atoms with Crippen molar-refractivity contribution >= 4 is 34.9 Å². The minimum atomic E-state index is -0.416. The fourth-order valence-electron chi connectivity index (χ4n) is 1.59. The van der Waals surface area contributed by atoms with Crippen molar-refractivity contribution in [3.8, 4) is 0 Å². The van der Waals surface area contributed by atoms with Gasteiger partial charge in [-0.1, -0.05) is 11.6 Å². The molecule has 17 heavy (non-hydrogen) atoms. The molecule has 0 fully saturated rings. The molecule has 0 N–H and O–H groups in total. The Morgan fingerprint density at radius 3 is 3.00 bits per heavy atom. The molecule has 0 aliphatic heterocycles. The lowest BCUT2D eigenvalue weighted by Gasteiger charge is -2.02. The molecule has 6 heteroatoms. The van der Waals surface area contributed by atoms with Crippen LogP contribution in [0.25, 0.3) is 11.0 Å². The van der Waals surface area contributed by atoms with Gasteiger partial charge < -0.3 is 9.30 Å². The maximum atomic E-state index is 11.2. The molecule has 0 aliphatic carbocycles. The second-order valence-electron chi connectivity index (χ2n) is 3.41. The number of hydrogen-bond acceptors (Lipinski definition) is 4. The van der Waals surface area contributed by atoms with E-state index in [1.807, 2.05) is 0 Å². The number of esters is 1. The highest BCUT2D eigenvalue weighted by Gasteiger charge is 2.12. The molecule has 2 aromatic heterocycles. The van der Waals surface area contributed by atoms with Gasteiger partial charge in [0.1, 0.15) is 17.3 Å². The molecule has 88 valence electrons. The maximum absolute atomic E-state index is 11.2. The number of methoxy groups -OCH3 is 1. The summed E-state index contributed by atoms with van der Waals surface area (Å²) in [5, 5.41) is 0.965. The fourth-order valence-corrected chi connectivity index (χ4v) is 1.73. The van der Waals surface area contributed by atoms with Crippen molar-refractivity contribution in [3.05, 3.63) is 29.0 Å². The number of rotatable bonds is 3. The molecule has 0 bridgehead atoms. The Hall–Kier alpha value is -1.88. The van der Waals surface area contributed by atoms with Crippen LogP contribution in [0.2, 0.25) is 5.15 Å². The van der Waals surface area contributed by atoms with Gasteiger partial charge in [0.2, 0.25) is 0 Å². The summed E-state index contributed by atoms with van der Waals surface area (Å²) < 4.78 is 6.11. The van der Waals surface area contributed by atoms with E-state index in [1.54, 1.807) is 18.3 Å². The number of aldehydes is 1. The zero-order valence-electron chi connectivity index (χ0n) is 9.01. The molecule has 0 spiro atoms. The number of pyridine rings is 1. The van der Waals surface area contributed by atoms with Gasteiger partial charge in [-0.15, -0.1) is 0 Å². The molecular formula is C11H9ClN2O3. The lowest BCUT2D eigenvalue weighted by atomic mass is 10.2. The smallest absolute Gasteiger partial charge is 0.325 e. The van der Waals surface area contributed by atoms with Crippen LogP contribution < -0.4 is 0 Å². The summed E-state index contributed by atoms with van der Waals surface area (Å²) in [6.07, 6.45) is 2.27. The Labute approximate surface area is 102 Å². The SMILES string of the molecule is COC(=O)Cn1cc(C=O)c2ccc(Cl)nc21. The summed E-state index contributed by atoms with van der Waals surface area (Å²) in [4.78, 5) is 26.2. The lowest BCUT2D eigenvalue weighted by Crippen LogP contribution is -2.10. The Kier molecular flexibility index (Phi) is 3.10. The Balaban J connectivity index is 2.58. The van der Waals surface area contributed by atoms with Crippen LogP contribution in [0.1, 0.15) is 10.4 Å². The quantitative estimate of drug-likeness (QED) is 0.474. The number of fused-ring (bicyclic) bond motifs is 1. The Morgan fingerprint density at radius 2 is 2.35 bits per heavy atom. The first-order valence-electron chi connectivity index (χ1n) is 4.83. The fraction of sp³-hybridized carbons (Fsp3) is 0.182. The van der Waals surface area contributed by atoms with Crippen LogP contribution in [0.15, 0.2) is 18.3 Å². The molecule has 0 radical (unpaired) electrons. The van der Waals surface area contributed by atoms with Gasteiger partial charge in [-0.2, -0.15) is 0 Å². The minimum Gasteiger partial charge on any atom is -0.468 e. The molecule has 0 aromatic carbocycles. The number of halogens is 1. The van der Waals surface area contributed by atoms with E-state index in [1.165, 1.54) is 11.7 Å². The van der Waals surface area contributed by atoms with Crippen LogP contribution in [0.5, 0.6) is 0 Å². The van der Waals surface area contributed by atoms with Crippen molar-refractivity contribution in [2.75, 3.05) is 7.11 Å². The number of ether oxygens (including phenoxy) is 1. The standard InChI is InChI=1S/C11H9ClN2O3/c1-17-10(16)5-14-4-7(6-15)8-2-3-9(12)13-11(8)14/h2-4,6H,5H2,1H3. The first-order valence-corrected chi connectivity index (χ1v) is 5.21. The van der Waals surface area contributed by atoms with Crippen LogP contribution in [0, 0.1) is 0 Å². The van der Waals surface area contributed by atoms with E-state index in [0.29, 0.717) is 28.0 Å².